The largest absolute Gasteiger partial charge is 0.418 e. The van der Waals surface area contributed by atoms with E-state index in [0.29, 0.717) is 12.1 Å². The van der Waals surface area contributed by atoms with Crippen LogP contribution in [0.3, 0.4) is 0 Å². The lowest BCUT2D eigenvalue weighted by Gasteiger charge is -2.14. The van der Waals surface area contributed by atoms with Crippen LogP contribution >= 0.6 is 23.4 Å². The van der Waals surface area contributed by atoms with Gasteiger partial charge in [-0.1, -0.05) is 30.3 Å². The highest BCUT2D eigenvalue weighted by molar-refractivity contribution is 7.99. The number of hydrogen-bond donors (Lipinski definition) is 2. The van der Waals surface area contributed by atoms with Crippen molar-refractivity contribution in [1.82, 2.24) is 9.97 Å². The molecule has 0 spiro atoms. The Hall–Kier alpha value is -2.00. The molecule has 2 rings (SSSR count). The number of nitrogens with zero attached hydrogens (tertiary/aromatic N) is 1. The zero-order valence-corrected chi connectivity index (χ0v) is 14.5. The van der Waals surface area contributed by atoms with Gasteiger partial charge in [-0.05, 0) is 24.6 Å². The lowest BCUT2D eigenvalue weighted by Crippen LogP contribution is -2.19. The van der Waals surface area contributed by atoms with Crippen molar-refractivity contribution in [3.8, 4) is 0 Å². The normalized spacial score (nSPS) is 11.4. The summed E-state index contributed by atoms with van der Waals surface area (Å²) in [6, 6.07) is 4.27. The number of aromatic amines is 1. The maximum Gasteiger partial charge on any atom is 0.418 e. The molecule has 0 aliphatic rings. The zero-order chi connectivity index (χ0) is 18.6. The Morgan fingerprint density at radius 1 is 1.36 bits per heavy atom. The van der Waals surface area contributed by atoms with Gasteiger partial charge in [0.1, 0.15) is 0 Å². The number of carbonyl (C=O) groups excluding carboxylic acids is 1. The third-order valence-electron chi connectivity index (χ3n) is 3.04. The number of amides is 1. The van der Waals surface area contributed by atoms with Crippen LogP contribution in [0.1, 0.15) is 18.2 Å². The summed E-state index contributed by atoms with van der Waals surface area (Å²) in [7, 11) is 0. The molecule has 0 bridgehead atoms. The summed E-state index contributed by atoms with van der Waals surface area (Å²) < 4.78 is 38.9. The van der Waals surface area contributed by atoms with Crippen LogP contribution in [0.5, 0.6) is 0 Å². The maximum absolute atomic E-state index is 13.0. The molecule has 2 aromatic rings. The Morgan fingerprint density at radius 3 is 2.72 bits per heavy atom. The van der Waals surface area contributed by atoms with E-state index < -0.39 is 23.3 Å². The molecule has 1 aromatic carbocycles. The van der Waals surface area contributed by atoms with E-state index in [1.54, 1.807) is 0 Å². The van der Waals surface area contributed by atoms with Crippen LogP contribution in [0.4, 0.5) is 18.9 Å². The Bertz CT molecular complexity index is 840. The van der Waals surface area contributed by atoms with E-state index in [4.69, 9.17) is 11.6 Å². The number of thioether (sulfide) groups is 1. The van der Waals surface area contributed by atoms with Gasteiger partial charge < -0.3 is 10.3 Å². The number of H-pyrrole nitrogens is 1. The number of halogens is 4. The molecule has 2 N–H and O–H groups in total. The van der Waals surface area contributed by atoms with Crippen LogP contribution in [-0.4, -0.2) is 21.6 Å². The molecule has 0 saturated heterocycles. The molecule has 134 valence electrons. The van der Waals surface area contributed by atoms with Crippen molar-refractivity contribution in [3.05, 3.63) is 50.9 Å². The first-order chi connectivity index (χ1) is 11.7. The summed E-state index contributed by atoms with van der Waals surface area (Å²) in [6.07, 6.45) is -4.08. The number of alkyl halides is 3. The maximum atomic E-state index is 13.0. The molecule has 0 aliphatic carbocycles. The van der Waals surface area contributed by atoms with E-state index in [0.717, 1.165) is 30.0 Å². The third kappa shape index (κ3) is 5.50. The zero-order valence-electron chi connectivity index (χ0n) is 12.9. The molecule has 5 nitrogen and oxygen atoms in total. The van der Waals surface area contributed by atoms with Crippen molar-refractivity contribution in [1.29, 1.82) is 0 Å². The van der Waals surface area contributed by atoms with Gasteiger partial charge in [-0.2, -0.15) is 13.2 Å². The number of anilines is 1. The first-order valence-corrected chi connectivity index (χ1v) is 8.45. The number of carbonyl (C=O) groups is 1. The summed E-state index contributed by atoms with van der Waals surface area (Å²) in [6.45, 7) is 1.82. The van der Waals surface area contributed by atoms with Crippen molar-refractivity contribution < 1.29 is 18.0 Å². The number of rotatable bonds is 5. The van der Waals surface area contributed by atoms with Crippen molar-refractivity contribution in [2.75, 3.05) is 11.1 Å². The van der Waals surface area contributed by atoms with Gasteiger partial charge in [-0.3, -0.25) is 9.59 Å². The van der Waals surface area contributed by atoms with E-state index in [-0.39, 0.29) is 21.5 Å². The standard InChI is InChI=1S/C15H13ClF3N3O2S/c1-2-9-6-12(23)22-14(20-9)25-7-13(24)21-11-5-8(16)3-4-10(11)15(17,18)19/h3-6H,2,7H2,1H3,(H,21,24)(H,20,22,23). The van der Waals surface area contributed by atoms with E-state index in [1.165, 1.54) is 6.07 Å². The molecule has 0 fully saturated rings. The minimum atomic E-state index is -4.62. The smallest absolute Gasteiger partial charge is 0.325 e. The Labute approximate surface area is 150 Å². The van der Waals surface area contributed by atoms with Crippen molar-refractivity contribution in [2.45, 2.75) is 24.7 Å². The van der Waals surface area contributed by atoms with Gasteiger partial charge >= 0.3 is 6.18 Å². The molecular formula is C15H13ClF3N3O2S. The molecule has 1 heterocycles. The van der Waals surface area contributed by atoms with E-state index >= 15 is 0 Å². The van der Waals surface area contributed by atoms with Crippen LogP contribution < -0.4 is 10.9 Å². The van der Waals surface area contributed by atoms with Crippen LogP contribution in [-0.2, 0) is 17.4 Å². The molecule has 0 saturated carbocycles. The Balaban J connectivity index is 2.10. The first-order valence-electron chi connectivity index (χ1n) is 7.08. The average molecular weight is 392 g/mol. The average Bonchev–Trinajstić information content (AvgIpc) is 2.51. The van der Waals surface area contributed by atoms with Crippen molar-refractivity contribution in [2.24, 2.45) is 0 Å². The summed E-state index contributed by atoms with van der Waals surface area (Å²) in [5, 5.41) is 2.48. The summed E-state index contributed by atoms with van der Waals surface area (Å²) in [5.74, 6) is -0.901. The van der Waals surface area contributed by atoms with Gasteiger partial charge in [0.25, 0.3) is 5.56 Å². The van der Waals surface area contributed by atoms with Gasteiger partial charge in [0.05, 0.1) is 17.0 Å². The summed E-state index contributed by atoms with van der Waals surface area (Å²) in [5.41, 5.74) is -1.21. The number of aromatic nitrogens is 2. The summed E-state index contributed by atoms with van der Waals surface area (Å²) >= 11 is 6.62. The molecule has 25 heavy (non-hydrogen) atoms. The fourth-order valence-electron chi connectivity index (χ4n) is 1.92. The van der Waals surface area contributed by atoms with Crippen LogP contribution in [0.15, 0.2) is 34.2 Å². The van der Waals surface area contributed by atoms with Crippen molar-refractivity contribution >= 4 is 35.0 Å². The minimum absolute atomic E-state index is 0.0672. The van der Waals surface area contributed by atoms with Gasteiger partial charge in [-0.25, -0.2) is 4.98 Å². The van der Waals surface area contributed by atoms with Gasteiger partial charge in [0.15, 0.2) is 5.16 Å². The molecule has 0 atom stereocenters. The molecular weight excluding hydrogens is 379 g/mol. The summed E-state index contributed by atoms with van der Waals surface area (Å²) in [4.78, 5) is 30.0. The SMILES string of the molecule is CCc1cc(=O)[nH]c(SCC(=O)Nc2cc(Cl)ccc2C(F)(F)F)n1. The fourth-order valence-corrected chi connectivity index (χ4v) is 2.79. The molecule has 1 aromatic heterocycles. The number of aryl methyl sites for hydroxylation is 1. The second-order valence-corrected chi connectivity index (χ2v) is 6.32. The quantitative estimate of drug-likeness (QED) is 0.601. The molecule has 0 unspecified atom stereocenters. The number of benzene rings is 1. The lowest BCUT2D eigenvalue weighted by atomic mass is 10.1. The predicted octanol–water partition coefficient (Wildman–Crippen LogP) is 3.74. The monoisotopic (exact) mass is 391 g/mol. The van der Waals surface area contributed by atoms with Crippen LogP contribution in [0.2, 0.25) is 5.02 Å². The molecule has 1 amide bonds. The van der Waals surface area contributed by atoms with Crippen molar-refractivity contribution in [3.63, 3.8) is 0 Å². The highest BCUT2D eigenvalue weighted by atomic mass is 35.5. The lowest BCUT2D eigenvalue weighted by molar-refractivity contribution is -0.137. The minimum Gasteiger partial charge on any atom is -0.325 e. The number of nitrogens with one attached hydrogen (secondary N) is 2. The molecule has 0 radical (unpaired) electrons. The Morgan fingerprint density at radius 2 is 2.08 bits per heavy atom. The van der Waals surface area contributed by atoms with Gasteiger partial charge in [-0.15, -0.1) is 0 Å². The second kappa shape index (κ2) is 7.92. The predicted molar refractivity (Wildman–Crippen MR) is 90.0 cm³/mol. The highest BCUT2D eigenvalue weighted by Crippen LogP contribution is 2.36. The van der Waals surface area contributed by atoms with Gasteiger partial charge in [0.2, 0.25) is 5.91 Å². The topological polar surface area (TPSA) is 74.8 Å². The number of hydrogen-bond acceptors (Lipinski definition) is 4. The molecule has 0 aliphatic heterocycles. The first kappa shape index (κ1) is 19.3. The third-order valence-corrected chi connectivity index (χ3v) is 4.14. The van der Waals surface area contributed by atoms with Crippen LogP contribution in [0.25, 0.3) is 0 Å². The highest BCUT2D eigenvalue weighted by Gasteiger charge is 2.34. The van der Waals surface area contributed by atoms with Gasteiger partial charge in [0, 0.05) is 16.8 Å². The van der Waals surface area contributed by atoms with E-state index in [9.17, 15) is 22.8 Å². The molecule has 10 heteroatoms. The second-order valence-electron chi connectivity index (χ2n) is 4.92. The van der Waals surface area contributed by atoms with E-state index in [2.05, 4.69) is 15.3 Å². The van der Waals surface area contributed by atoms with E-state index in [1.807, 2.05) is 6.92 Å². The Kier molecular flexibility index (Phi) is 6.12. The van der Waals surface area contributed by atoms with Crippen LogP contribution in [0, 0.1) is 0 Å². The fraction of sp³-hybridized carbons (Fsp3) is 0.267.